The van der Waals surface area contributed by atoms with Crippen LogP contribution in [0.3, 0.4) is 0 Å². The Morgan fingerprint density at radius 3 is 2.38 bits per heavy atom. The molecule has 0 amide bonds. The quantitative estimate of drug-likeness (QED) is 0.280. The van der Waals surface area contributed by atoms with Crippen molar-refractivity contribution in [1.82, 2.24) is 15.3 Å². The van der Waals surface area contributed by atoms with Gasteiger partial charge in [0, 0.05) is 37.6 Å². The van der Waals surface area contributed by atoms with Crippen LogP contribution >= 0.6 is 0 Å². The first kappa shape index (κ1) is 25.0. The molecular weight excluding hydrogens is 458 g/mol. The topological polar surface area (TPSA) is 62.3 Å². The van der Waals surface area contributed by atoms with E-state index in [-0.39, 0.29) is 0 Å². The van der Waals surface area contributed by atoms with E-state index in [0.29, 0.717) is 18.6 Å². The maximum Gasteiger partial charge on any atom is 0.225 e. The third kappa shape index (κ3) is 6.57. The predicted octanol–water partition coefficient (Wildman–Crippen LogP) is 6.04. The lowest BCUT2D eigenvalue weighted by atomic mass is 9.86. The SMILES string of the molecule is CN(C)c1nc(NC2CCC(CNCc3ccccc3OCc3ccccc3)CC2)nc2ccccc12. The molecule has 2 N–H and O–H groups in total. The number of rotatable bonds is 10. The molecule has 1 saturated carbocycles. The van der Waals surface area contributed by atoms with Crippen LogP contribution in [0.1, 0.15) is 36.8 Å². The zero-order valence-corrected chi connectivity index (χ0v) is 21.9. The Balaban J connectivity index is 1.10. The first-order valence-electron chi connectivity index (χ1n) is 13.3. The van der Waals surface area contributed by atoms with Crippen LogP contribution in [0, 0.1) is 5.92 Å². The number of para-hydroxylation sites is 2. The van der Waals surface area contributed by atoms with Crippen LogP contribution in [0.25, 0.3) is 10.9 Å². The van der Waals surface area contributed by atoms with Crippen molar-refractivity contribution in [3.63, 3.8) is 0 Å². The van der Waals surface area contributed by atoms with Crippen LogP contribution in [0.4, 0.5) is 11.8 Å². The van der Waals surface area contributed by atoms with E-state index >= 15 is 0 Å². The molecule has 0 aliphatic heterocycles. The number of hydrogen-bond acceptors (Lipinski definition) is 6. The number of hydrogen-bond donors (Lipinski definition) is 2. The minimum absolute atomic E-state index is 0.416. The molecular formula is C31H37N5O. The van der Waals surface area contributed by atoms with Gasteiger partial charge in [-0.25, -0.2) is 4.98 Å². The van der Waals surface area contributed by atoms with E-state index in [1.165, 1.54) is 24.0 Å². The average Bonchev–Trinajstić information content (AvgIpc) is 2.93. The van der Waals surface area contributed by atoms with Crippen molar-refractivity contribution < 1.29 is 4.74 Å². The summed E-state index contributed by atoms with van der Waals surface area (Å²) in [5, 5.41) is 8.39. The molecule has 0 saturated heterocycles. The van der Waals surface area contributed by atoms with Crippen molar-refractivity contribution in [2.45, 2.75) is 44.9 Å². The Morgan fingerprint density at radius 1 is 0.838 bits per heavy atom. The Labute approximate surface area is 220 Å². The van der Waals surface area contributed by atoms with E-state index in [1.807, 2.05) is 50.5 Å². The summed E-state index contributed by atoms with van der Waals surface area (Å²) in [5.74, 6) is 3.33. The molecule has 5 rings (SSSR count). The zero-order valence-electron chi connectivity index (χ0n) is 21.9. The number of nitrogens with one attached hydrogen (secondary N) is 2. The van der Waals surface area contributed by atoms with E-state index in [2.05, 4.69) is 58.0 Å². The van der Waals surface area contributed by atoms with Gasteiger partial charge < -0.3 is 20.3 Å². The largest absolute Gasteiger partial charge is 0.489 e. The first-order valence-corrected chi connectivity index (χ1v) is 13.3. The molecule has 1 fully saturated rings. The van der Waals surface area contributed by atoms with E-state index < -0.39 is 0 Å². The van der Waals surface area contributed by atoms with Crippen molar-refractivity contribution >= 4 is 22.7 Å². The first-order chi connectivity index (χ1) is 18.2. The molecule has 192 valence electrons. The molecule has 1 heterocycles. The summed E-state index contributed by atoms with van der Waals surface area (Å²) in [6.45, 7) is 2.43. The normalized spacial score (nSPS) is 17.5. The van der Waals surface area contributed by atoms with Crippen molar-refractivity contribution in [2.24, 2.45) is 5.92 Å². The second kappa shape index (κ2) is 12.1. The summed E-state index contributed by atoms with van der Waals surface area (Å²) in [6, 6.07) is 27.3. The molecule has 0 spiro atoms. The fraction of sp³-hybridized carbons (Fsp3) is 0.355. The van der Waals surface area contributed by atoms with E-state index in [9.17, 15) is 0 Å². The van der Waals surface area contributed by atoms with E-state index in [4.69, 9.17) is 14.7 Å². The summed E-state index contributed by atoms with van der Waals surface area (Å²) in [7, 11) is 4.06. The molecule has 3 aromatic carbocycles. The van der Waals surface area contributed by atoms with Crippen molar-refractivity contribution in [3.8, 4) is 5.75 Å². The van der Waals surface area contributed by atoms with E-state index in [0.717, 1.165) is 54.3 Å². The van der Waals surface area contributed by atoms with Gasteiger partial charge in [0.15, 0.2) is 0 Å². The lowest BCUT2D eigenvalue weighted by Crippen LogP contribution is -2.31. The summed E-state index contributed by atoms with van der Waals surface area (Å²) in [5.41, 5.74) is 3.37. The Hall–Kier alpha value is -3.64. The van der Waals surface area contributed by atoms with Gasteiger partial charge in [-0.05, 0) is 61.9 Å². The molecule has 0 bridgehead atoms. The number of aromatic nitrogens is 2. The highest BCUT2D eigenvalue weighted by molar-refractivity contribution is 5.90. The number of fused-ring (bicyclic) bond motifs is 1. The Bertz CT molecular complexity index is 1290. The van der Waals surface area contributed by atoms with E-state index in [1.54, 1.807) is 0 Å². The number of anilines is 2. The minimum Gasteiger partial charge on any atom is -0.489 e. The molecule has 6 nitrogen and oxygen atoms in total. The summed E-state index contributed by atoms with van der Waals surface area (Å²) >= 11 is 0. The fourth-order valence-corrected chi connectivity index (χ4v) is 5.10. The molecule has 0 unspecified atom stereocenters. The van der Waals surface area contributed by atoms with Crippen LogP contribution in [-0.2, 0) is 13.2 Å². The van der Waals surface area contributed by atoms with Crippen molar-refractivity contribution in [3.05, 3.63) is 90.0 Å². The van der Waals surface area contributed by atoms with Gasteiger partial charge >= 0.3 is 0 Å². The van der Waals surface area contributed by atoms with Gasteiger partial charge in [-0.1, -0.05) is 60.7 Å². The predicted molar refractivity (Wildman–Crippen MR) is 152 cm³/mol. The highest BCUT2D eigenvalue weighted by Gasteiger charge is 2.22. The minimum atomic E-state index is 0.416. The fourth-order valence-electron chi connectivity index (χ4n) is 5.10. The highest BCUT2D eigenvalue weighted by atomic mass is 16.5. The van der Waals surface area contributed by atoms with Gasteiger partial charge in [-0.15, -0.1) is 0 Å². The molecule has 1 aromatic heterocycles. The molecule has 1 aliphatic carbocycles. The maximum absolute atomic E-state index is 6.12. The highest BCUT2D eigenvalue weighted by Crippen LogP contribution is 2.28. The lowest BCUT2D eigenvalue weighted by Gasteiger charge is -2.29. The van der Waals surface area contributed by atoms with Crippen LogP contribution in [0.15, 0.2) is 78.9 Å². The lowest BCUT2D eigenvalue weighted by molar-refractivity contribution is 0.299. The molecule has 0 radical (unpaired) electrons. The van der Waals surface area contributed by atoms with Crippen LogP contribution in [0.2, 0.25) is 0 Å². The van der Waals surface area contributed by atoms with Crippen molar-refractivity contribution in [1.29, 1.82) is 0 Å². The third-order valence-electron chi connectivity index (χ3n) is 7.14. The number of nitrogens with zero attached hydrogens (tertiary/aromatic N) is 3. The summed E-state index contributed by atoms with van der Waals surface area (Å²) in [4.78, 5) is 11.7. The summed E-state index contributed by atoms with van der Waals surface area (Å²) < 4.78 is 6.12. The molecule has 6 heteroatoms. The van der Waals surface area contributed by atoms with Gasteiger partial charge in [0.25, 0.3) is 0 Å². The number of benzene rings is 3. The van der Waals surface area contributed by atoms with Gasteiger partial charge in [-0.3, -0.25) is 0 Å². The Kier molecular flexibility index (Phi) is 8.16. The van der Waals surface area contributed by atoms with Gasteiger partial charge in [0.2, 0.25) is 5.95 Å². The monoisotopic (exact) mass is 495 g/mol. The maximum atomic E-state index is 6.12. The number of ether oxygens (including phenoxy) is 1. The van der Waals surface area contributed by atoms with Crippen molar-refractivity contribution in [2.75, 3.05) is 30.9 Å². The second-order valence-electron chi connectivity index (χ2n) is 10.2. The molecule has 4 aromatic rings. The summed E-state index contributed by atoms with van der Waals surface area (Å²) in [6.07, 6.45) is 4.67. The van der Waals surface area contributed by atoms with Gasteiger partial charge in [0.05, 0.1) is 5.52 Å². The molecule has 0 atom stereocenters. The standard InChI is InChI=1S/C31H37N5O/c1-36(2)30-27-13-7-8-14-28(27)34-31(35-30)33-26-18-16-23(17-19-26)20-32-21-25-12-6-9-15-29(25)37-22-24-10-4-3-5-11-24/h3-15,23,26,32H,16-22H2,1-2H3,(H,33,34,35). The average molecular weight is 496 g/mol. The van der Waals surface area contributed by atoms with Crippen LogP contribution in [-0.4, -0.2) is 36.6 Å². The molecule has 1 aliphatic rings. The van der Waals surface area contributed by atoms with Crippen LogP contribution < -0.4 is 20.3 Å². The third-order valence-corrected chi connectivity index (χ3v) is 7.14. The second-order valence-corrected chi connectivity index (χ2v) is 10.2. The Morgan fingerprint density at radius 2 is 1.57 bits per heavy atom. The smallest absolute Gasteiger partial charge is 0.225 e. The van der Waals surface area contributed by atoms with Gasteiger partial charge in [0.1, 0.15) is 18.2 Å². The molecule has 37 heavy (non-hydrogen) atoms. The van der Waals surface area contributed by atoms with Crippen LogP contribution in [0.5, 0.6) is 5.75 Å². The van der Waals surface area contributed by atoms with Gasteiger partial charge in [-0.2, -0.15) is 4.98 Å². The zero-order chi connectivity index (χ0) is 25.5.